The SMILES string of the molecule is S=C(NCCc1cccs1)Nc1ccc(Cl)cn1. The number of thiophene rings is 1. The highest BCUT2D eigenvalue weighted by atomic mass is 35.5. The minimum absolute atomic E-state index is 0.571. The Morgan fingerprint density at radius 2 is 2.28 bits per heavy atom. The highest BCUT2D eigenvalue weighted by Gasteiger charge is 1.99. The molecule has 0 atom stereocenters. The monoisotopic (exact) mass is 297 g/mol. The van der Waals surface area contributed by atoms with Crippen LogP contribution in [0.4, 0.5) is 5.82 Å². The second-order valence-corrected chi connectivity index (χ2v) is 5.45. The molecule has 0 unspecified atom stereocenters. The van der Waals surface area contributed by atoms with Crippen LogP contribution in [0.25, 0.3) is 0 Å². The molecule has 2 aromatic heterocycles. The fourth-order valence-electron chi connectivity index (χ4n) is 1.36. The van der Waals surface area contributed by atoms with Crippen molar-refractivity contribution in [3.8, 4) is 0 Å². The number of nitrogens with zero attached hydrogens (tertiary/aromatic N) is 1. The Hall–Kier alpha value is -1.17. The van der Waals surface area contributed by atoms with Crippen molar-refractivity contribution in [2.75, 3.05) is 11.9 Å². The van der Waals surface area contributed by atoms with E-state index in [2.05, 4.69) is 27.1 Å². The van der Waals surface area contributed by atoms with Crippen LogP contribution in [-0.2, 0) is 6.42 Å². The molecule has 0 fully saturated rings. The molecular formula is C12H12ClN3S2. The molecule has 2 aromatic rings. The minimum atomic E-state index is 0.571. The number of rotatable bonds is 4. The maximum atomic E-state index is 5.75. The summed E-state index contributed by atoms with van der Waals surface area (Å²) in [4.78, 5) is 5.45. The lowest BCUT2D eigenvalue weighted by molar-refractivity contribution is 0.884. The van der Waals surface area contributed by atoms with Crippen molar-refractivity contribution >= 4 is 46.1 Å². The van der Waals surface area contributed by atoms with Crippen molar-refractivity contribution in [2.45, 2.75) is 6.42 Å². The van der Waals surface area contributed by atoms with E-state index in [1.807, 2.05) is 6.07 Å². The molecule has 0 aliphatic rings. The smallest absolute Gasteiger partial charge is 0.171 e. The zero-order valence-corrected chi connectivity index (χ0v) is 11.9. The van der Waals surface area contributed by atoms with Crippen LogP contribution in [0.3, 0.4) is 0 Å². The number of nitrogens with one attached hydrogen (secondary N) is 2. The van der Waals surface area contributed by atoms with Crippen molar-refractivity contribution < 1.29 is 0 Å². The van der Waals surface area contributed by atoms with E-state index in [1.54, 1.807) is 29.7 Å². The van der Waals surface area contributed by atoms with E-state index in [4.69, 9.17) is 23.8 Å². The van der Waals surface area contributed by atoms with Gasteiger partial charge in [0.25, 0.3) is 0 Å². The number of halogens is 1. The quantitative estimate of drug-likeness (QED) is 0.849. The van der Waals surface area contributed by atoms with Crippen LogP contribution < -0.4 is 10.6 Å². The first kappa shape index (κ1) is 13.3. The van der Waals surface area contributed by atoms with Gasteiger partial charge in [-0.05, 0) is 42.2 Å². The first-order valence-corrected chi connectivity index (χ1v) is 7.09. The van der Waals surface area contributed by atoms with E-state index in [-0.39, 0.29) is 0 Å². The topological polar surface area (TPSA) is 37.0 Å². The molecule has 0 radical (unpaired) electrons. The maximum Gasteiger partial charge on any atom is 0.171 e. The number of hydrogen-bond donors (Lipinski definition) is 2. The maximum absolute atomic E-state index is 5.75. The largest absolute Gasteiger partial charge is 0.362 e. The van der Waals surface area contributed by atoms with E-state index < -0.39 is 0 Å². The predicted molar refractivity (Wildman–Crippen MR) is 81.5 cm³/mol. The Morgan fingerprint density at radius 1 is 1.39 bits per heavy atom. The molecule has 2 N–H and O–H groups in total. The van der Waals surface area contributed by atoms with E-state index in [0.29, 0.717) is 16.0 Å². The number of aromatic nitrogens is 1. The fourth-order valence-corrected chi connectivity index (χ4v) is 2.39. The van der Waals surface area contributed by atoms with E-state index >= 15 is 0 Å². The fraction of sp³-hybridized carbons (Fsp3) is 0.167. The average Bonchev–Trinajstić information content (AvgIpc) is 2.85. The van der Waals surface area contributed by atoms with Crippen LogP contribution >= 0.6 is 35.2 Å². The second kappa shape index (κ2) is 6.68. The van der Waals surface area contributed by atoms with Gasteiger partial charge in [0.15, 0.2) is 5.11 Å². The molecule has 0 saturated carbocycles. The molecule has 2 rings (SSSR count). The van der Waals surface area contributed by atoms with E-state index in [0.717, 1.165) is 13.0 Å². The van der Waals surface area contributed by atoms with Crippen LogP contribution in [0, 0.1) is 0 Å². The van der Waals surface area contributed by atoms with Crippen LogP contribution in [0.5, 0.6) is 0 Å². The molecule has 0 aliphatic heterocycles. The molecule has 3 nitrogen and oxygen atoms in total. The van der Waals surface area contributed by atoms with Crippen molar-refractivity contribution in [2.24, 2.45) is 0 Å². The first-order valence-electron chi connectivity index (χ1n) is 5.43. The Kier molecular flexibility index (Phi) is 4.92. The van der Waals surface area contributed by atoms with Crippen molar-refractivity contribution in [1.82, 2.24) is 10.3 Å². The summed E-state index contributed by atoms with van der Waals surface area (Å²) in [5.74, 6) is 0.688. The van der Waals surface area contributed by atoms with Gasteiger partial charge in [-0.15, -0.1) is 11.3 Å². The van der Waals surface area contributed by atoms with Gasteiger partial charge in [-0.1, -0.05) is 17.7 Å². The zero-order chi connectivity index (χ0) is 12.8. The van der Waals surface area contributed by atoms with Gasteiger partial charge in [-0.2, -0.15) is 0 Å². The molecule has 2 heterocycles. The van der Waals surface area contributed by atoms with Crippen molar-refractivity contribution in [3.63, 3.8) is 0 Å². The van der Waals surface area contributed by atoms with Crippen LogP contribution in [-0.4, -0.2) is 16.6 Å². The molecular weight excluding hydrogens is 286 g/mol. The van der Waals surface area contributed by atoms with Gasteiger partial charge >= 0.3 is 0 Å². The van der Waals surface area contributed by atoms with Gasteiger partial charge in [0, 0.05) is 17.6 Å². The van der Waals surface area contributed by atoms with Gasteiger partial charge in [-0.25, -0.2) is 4.98 Å². The summed E-state index contributed by atoms with van der Waals surface area (Å²) >= 11 is 12.7. The van der Waals surface area contributed by atoms with E-state index in [1.165, 1.54) is 4.88 Å². The summed E-state index contributed by atoms with van der Waals surface area (Å²) in [7, 11) is 0. The van der Waals surface area contributed by atoms with Crippen molar-refractivity contribution in [3.05, 3.63) is 45.7 Å². The predicted octanol–water partition coefficient (Wildman–Crippen LogP) is 3.33. The zero-order valence-electron chi connectivity index (χ0n) is 9.52. The van der Waals surface area contributed by atoms with Crippen LogP contribution in [0.1, 0.15) is 4.88 Å². The Balaban J connectivity index is 1.73. The van der Waals surface area contributed by atoms with Gasteiger partial charge in [0.05, 0.1) is 5.02 Å². The van der Waals surface area contributed by atoms with Crippen LogP contribution in [0.2, 0.25) is 5.02 Å². The summed E-state index contributed by atoms with van der Waals surface area (Å²) in [5.41, 5.74) is 0. The molecule has 0 aromatic carbocycles. The highest BCUT2D eigenvalue weighted by Crippen LogP contribution is 2.10. The summed E-state index contributed by atoms with van der Waals surface area (Å²) in [5, 5.41) is 9.39. The molecule has 0 bridgehead atoms. The Labute approximate surface area is 120 Å². The minimum Gasteiger partial charge on any atom is -0.362 e. The number of pyridine rings is 1. The third-order valence-corrected chi connectivity index (χ3v) is 3.61. The summed E-state index contributed by atoms with van der Waals surface area (Å²) < 4.78 is 0. The normalized spacial score (nSPS) is 10.1. The lowest BCUT2D eigenvalue weighted by Gasteiger charge is -2.09. The molecule has 0 saturated heterocycles. The first-order chi connectivity index (χ1) is 8.74. The molecule has 6 heteroatoms. The molecule has 94 valence electrons. The molecule has 0 aliphatic carbocycles. The Morgan fingerprint density at radius 3 is 2.94 bits per heavy atom. The van der Waals surface area contributed by atoms with E-state index in [9.17, 15) is 0 Å². The van der Waals surface area contributed by atoms with Gasteiger partial charge in [0.1, 0.15) is 5.82 Å². The molecule has 18 heavy (non-hydrogen) atoms. The standard InChI is InChI=1S/C12H12ClN3S2/c13-9-3-4-11(15-8-9)16-12(17)14-6-5-10-2-1-7-18-10/h1-4,7-8H,5-6H2,(H2,14,15,16,17). The third kappa shape index (κ3) is 4.25. The van der Waals surface area contributed by atoms with Gasteiger partial charge < -0.3 is 10.6 Å². The highest BCUT2D eigenvalue weighted by molar-refractivity contribution is 7.80. The van der Waals surface area contributed by atoms with Gasteiger partial charge in [0.2, 0.25) is 0 Å². The molecule has 0 spiro atoms. The van der Waals surface area contributed by atoms with Gasteiger partial charge in [-0.3, -0.25) is 0 Å². The summed E-state index contributed by atoms with van der Waals surface area (Å²) in [6, 6.07) is 7.72. The Bertz CT molecular complexity index is 497. The number of thiocarbonyl (C=S) groups is 1. The lowest BCUT2D eigenvalue weighted by Crippen LogP contribution is -2.30. The number of hydrogen-bond acceptors (Lipinski definition) is 3. The summed E-state index contributed by atoms with van der Waals surface area (Å²) in [6.07, 6.45) is 2.55. The lowest BCUT2D eigenvalue weighted by atomic mass is 10.3. The van der Waals surface area contributed by atoms with Crippen LogP contribution in [0.15, 0.2) is 35.8 Å². The third-order valence-electron chi connectivity index (χ3n) is 2.21. The summed E-state index contributed by atoms with van der Waals surface area (Å²) in [6.45, 7) is 0.805. The second-order valence-electron chi connectivity index (χ2n) is 3.57. The number of anilines is 1. The average molecular weight is 298 g/mol. The van der Waals surface area contributed by atoms with Crippen molar-refractivity contribution in [1.29, 1.82) is 0 Å². The molecule has 0 amide bonds.